The number of hydrogen-bond donors (Lipinski definition) is 0. The van der Waals surface area contributed by atoms with Crippen LogP contribution in [0, 0.1) is 5.92 Å². The summed E-state index contributed by atoms with van der Waals surface area (Å²) in [5, 5.41) is 0. The fourth-order valence-corrected chi connectivity index (χ4v) is 3.09. The van der Waals surface area contributed by atoms with Crippen LogP contribution in [0.15, 0.2) is 24.5 Å². The minimum absolute atomic E-state index is 0.864. The molecule has 0 amide bonds. The molecule has 0 spiro atoms. The topological polar surface area (TPSA) is 16.1 Å². The van der Waals surface area contributed by atoms with E-state index in [1.54, 1.807) is 0 Å². The summed E-state index contributed by atoms with van der Waals surface area (Å²) in [4.78, 5) is 6.74. The van der Waals surface area contributed by atoms with E-state index >= 15 is 0 Å². The summed E-state index contributed by atoms with van der Waals surface area (Å²) in [7, 11) is 0. The third-order valence-corrected chi connectivity index (χ3v) is 3.96. The SMILES string of the molecule is c1cc(CN2CC3CCC2CC3)ccn1. The quantitative estimate of drug-likeness (QED) is 0.732. The van der Waals surface area contributed by atoms with Crippen molar-refractivity contribution in [3.63, 3.8) is 0 Å². The van der Waals surface area contributed by atoms with Crippen LogP contribution in [-0.4, -0.2) is 22.5 Å². The molecule has 3 aliphatic rings. The third kappa shape index (κ3) is 1.91. The normalized spacial score (nSPS) is 30.7. The van der Waals surface area contributed by atoms with Crippen LogP contribution in [0.4, 0.5) is 0 Å². The average Bonchev–Trinajstić information content (AvgIpc) is 2.32. The third-order valence-electron chi connectivity index (χ3n) is 3.96. The van der Waals surface area contributed by atoms with Crippen molar-refractivity contribution >= 4 is 0 Å². The molecule has 0 radical (unpaired) electrons. The summed E-state index contributed by atoms with van der Waals surface area (Å²) in [6.07, 6.45) is 9.59. The van der Waals surface area contributed by atoms with E-state index in [1.165, 1.54) is 37.8 Å². The van der Waals surface area contributed by atoms with Gasteiger partial charge in [-0.25, -0.2) is 0 Å². The highest BCUT2D eigenvalue weighted by Crippen LogP contribution is 2.35. The molecule has 1 aliphatic carbocycles. The van der Waals surface area contributed by atoms with E-state index in [0.717, 1.165) is 18.5 Å². The van der Waals surface area contributed by atoms with Crippen molar-refractivity contribution in [2.45, 2.75) is 38.3 Å². The highest BCUT2D eigenvalue weighted by Gasteiger charge is 2.33. The Balaban J connectivity index is 1.69. The standard InChI is InChI=1S/C13H18N2/c1-3-13-4-2-11(1)9-15(13)10-12-5-7-14-8-6-12/h5-8,11,13H,1-4,9-10H2. The van der Waals surface area contributed by atoms with E-state index in [-0.39, 0.29) is 0 Å². The zero-order valence-electron chi connectivity index (χ0n) is 9.10. The number of nitrogens with zero attached hydrogens (tertiary/aromatic N) is 2. The molecule has 2 saturated heterocycles. The second-order valence-electron chi connectivity index (χ2n) is 4.96. The van der Waals surface area contributed by atoms with Gasteiger partial charge in [0, 0.05) is 31.5 Å². The first kappa shape index (κ1) is 9.34. The number of fused-ring (bicyclic) bond motifs is 3. The van der Waals surface area contributed by atoms with Gasteiger partial charge in [-0.3, -0.25) is 9.88 Å². The Morgan fingerprint density at radius 3 is 2.47 bits per heavy atom. The Labute approximate surface area is 91.3 Å². The van der Waals surface area contributed by atoms with Crippen LogP contribution in [0.3, 0.4) is 0 Å². The smallest absolute Gasteiger partial charge is 0.0271 e. The van der Waals surface area contributed by atoms with E-state index in [4.69, 9.17) is 0 Å². The Morgan fingerprint density at radius 1 is 1.13 bits per heavy atom. The van der Waals surface area contributed by atoms with Crippen LogP contribution in [0.25, 0.3) is 0 Å². The van der Waals surface area contributed by atoms with Gasteiger partial charge in [0.25, 0.3) is 0 Å². The van der Waals surface area contributed by atoms with Crippen LogP contribution in [0.1, 0.15) is 31.2 Å². The van der Waals surface area contributed by atoms with Crippen LogP contribution >= 0.6 is 0 Å². The highest BCUT2D eigenvalue weighted by molar-refractivity contribution is 5.10. The lowest BCUT2D eigenvalue weighted by Crippen LogP contribution is -2.47. The minimum atomic E-state index is 0.864. The van der Waals surface area contributed by atoms with E-state index in [0.29, 0.717) is 0 Å². The number of aromatic nitrogens is 1. The number of hydrogen-bond acceptors (Lipinski definition) is 2. The lowest BCUT2D eigenvalue weighted by molar-refractivity contribution is 0.0426. The molecule has 80 valence electrons. The molecule has 3 fully saturated rings. The molecule has 2 bridgehead atoms. The number of pyridine rings is 1. The molecule has 1 saturated carbocycles. The first-order valence-corrected chi connectivity index (χ1v) is 6.05. The second-order valence-corrected chi connectivity index (χ2v) is 4.96. The van der Waals surface area contributed by atoms with Gasteiger partial charge in [-0.15, -0.1) is 0 Å². The monoisotopic (exact) mass is 202 g/mol. The molecular formula is C13H18N2. The molecule has 3 heterocycles. The lowest BCUT2D eigenvalue weighted by Gasteiger charge is -2.45. The molecule has 1 aromatic rings. The Bertz CT molecular complexity index is 315. The van der Waals surface area contributed by atoms with E-state index < -0.39 is 0 Å². The summed E-state index contributed by atoms with van der Waals surface area (Å²) in [6, 6.07) is 5.15. The maximum Gasteiger partial charge on any atom is 0.0271 e. The molecule has 0 unspecified atom stereocenters. The lowest BCUT2D eigenvalue weighted by atomic mass is 9.80. The zero-order chi connectivity index (χ0) is 10.1. The molecule has 2 aliphatic heterocycles. The van der Waals surface area contributed by atoms with Crippen molar-refractivity contribution < 1.29 is 0 Å². The van der Waals surface area contributed by atoms with Gasteiger partial charge in [0.1, 0.15) is 0 Å². The van der Waals surface area contributed by atoms with Gasteiger partial charge in [0.15, 0.2) is 0 Å². The minimum Gasteiger partial charge on any atom is -0.296 e. The van der Waals surface area contributed by atoms with Gasteiger partial charge < -0.3 is 0 Å². The van der Waals surface area contributed by atoms with Crippen molar-refractivity contribution in [3.8, 4) is 0 Å². The molecule has 2 nitrogen and oxygen atoms in total. The fraction of sp³-hybridized carbons (Fsp3) is 0.615. The maximum absolute atomic E-state index is 4.07. The molecule has 4 rings (SSSR count). The zero-order valence-corrected chi connectivity index (χ0v) is 9.10. The van der Waals surface area contributed by atoms with Gasteiger partial charge in [-0.2, -0.15) is 0 Å². The molecule has 2 heteroatoms. The summed E-state index contributed by atoms with van der Waals surface area (Å²) in [5.41, 5.74) is 1.41. The largest absolute Gasteiger partial charge is 0.296 e. The Morgan fingerprint density at radius 2 is 1.87 bits per heavy atom. The van der Waals surface area contributed by atoms with Gasteiger partial charge in [-0.05, 0) is 49.3 Å². The molecular weight excluding hydrogens is 184 g/mol. The van der Waals surface area contributed by atoms with Gasteiger partial charge in [-0.1, -0.05) is 0 Å². The summed E-state index contributed by atoms with van der Waals surface area (Å²) >= 11 is 0. The molecule has 0 N–H and O–H groups in total. The Kier molecular flexibility index (Phi) is 2.45. The van der Waals surface area contributed by atoms with Gasteiger partial charge in [0.2, 0.25) is 0 Å². The van der Waals surface area contributed by atoms with Crippen molar-refractivity contribution in [2.75, 3.05) is 6.54 Å². The van der Waals surface area contributed by atoms with Crippen molar-refractivity contribution in [1.82, 2.24) is 9.88 Å². The number of rotatable bonds is 2. The summed E-state index contributed by atoms with van der Waals surface area (Å²) in [5.74, 6) is 0.983. The molecule has 0 atom stereocenters. The van der Waals surface area contributed by atoms with E-state index in [2.05, 4.69) is 22.0 Å². The summed E-state index contributed by atoms with van der Waals surface area (Å²) < 4.78 is 0. The van der Waals surface area contributed by atoms with Crippen LogP contribution in [0.5, 0.6) is 0 Å². The summed E-state index contributed by atoms with van der Waals surface area (Å²) in [6.45, 7) is 2.46. The first-order chi connectivity index (χ1) is 7.42. The van der Waals surface area contributed by atoms with Crippen molar-refractivity contribution in [1.29, 1.82) is 0 Å². The molecule has 15 heavy (non-hydrogen) atoms. The average molecular weight is 202 g/mol. The van der Waals surface area contributed by atoms with Gasteiger partial charge in [0.05, 0.1) is 0 Å². The van der Waals surface area contributed by atoms with E-state index in [9.17, 15) is 0 Å². The maximum atomic E-state index is 4.07. The van der Waals surface area contributed by atoms with Crippen LogP contribution in [-0.2, 0) is 6.54 Å². The van der Waals surface area contributed by atoms with Crippen LogP contribution in [0.2, 0.25) is 0 Å². The van der Waals surface area contributed by atoms with Crippen LogP contribution < -0.4 is 0 Å². The predicted octanol–water partition coefficient (Wildman–Crippen LogP) is 2.46. The predicted molar refractivity (Wildman–Crippen MR) is 60.4 cm³/mol. The number of piperidine rings is 2. The van der Waals surface area contributed by atoms with E-state index in [1.807, 2.05) is 12.4 Å². The first-order valence-electron chi connectivity index (χ1n) is 6.05. The molecule has 0 aromatic carbocycles. The van der Waals surface area contributed by atoms with Crippen molar-refractivity contribution in [2.24, 2.45) is 5.92 Å². The highest BCUT2D eigenvalue weighted by atomic mass is 15.2. The Hall–Kier alpha value is -0.890. The van der Waals surface area contributed by atoms with Crippen molar-refractivity contribution in [3.05, 3.63) is 30.1 Å². The second kappa shape index (κ2) is 3.93. The van der Waals surface area contributed by atoms with Gasteiger partial charge >= 0.3 is 0 Å². The fourth-order valence-electron chi connectivity index (χ4n) is 3.09. The molecule has 1 aromatic heterocycles.